The predicted molar refractivity (Wildman–Crippen MR) is 140 cm³/mol. The summed E-state index contributed by atoms with van der Waals surface area (Å²) in [6, 6.07) is 15.5. The van der Waals surface area contributed by atoms with Gasteiger partial charge in [0.15, 0.2) is 0 Å². The Morgan fingerprint density at radius 3 is 2.42 bits per heavy atom. The lowest BCUT2D eigenvalue weighted by atomic mass is 10.2. The van der Waals surface area contributed by atoms with Crippen LogP contribution in [0.1, 0.15) is 12.5 Å². The minimum atomic E-state index is -0.749. The number of thiophene rings is 1. The number of nitrogens with one attached hydrogen (secondary N) is 2. The maximum absolute atomic E-state index is 13.2. The number of amides is 2. The summed E-state index contributed by atoms with van der Waals surface area (Å²) in [5.74, 6) is -0.316. The van der Waals surface area contributed by atoms with Crippen LogP contribution in [-0.4, -0.2) is 27.6 Å². The third kappa shape index (κ3) is 5.67. The van der Waals surface area contributed by atoms with E-state index in [4.69, 9.17) is 16.3 Å². The molecule has 2 aromatic carbocycles. The lowest BCUT2D eigenvalue weighted by molar-refractivity contribution is -0.122. The fourth-order valence-corrected chi connectivity index (χ4v) is 4.65. The Labute approximate surface area is 214 Å². The zero-order valence-corrected chi connectivity index (χ0v) is 20.9. The zero-order valence-electron chi connectivity index (χ0n) is 19.3. The molecule has 2 aromatic heterocycles. The van der Waals surface area contributed by atoms with Crippen molar-refractivity contribution in [2.75, 3.05) is 11.9 Å². The Morgan fingerprint density at radius 2 is 1.69 bits per heavy atom. The Hall–Kier alpha value is -3.89. The van der Waals surface area contributed by atoms with E-state index in [0.717, 1.165) is 15.9 Å². The minimum Gasteiger partial charge on any atom is -0.494 e. The van der Waals surface area contributed by atoms with Crippen LogP contribution in [0.3, 0.4) is 0 Å². The van der Waals surface area contributed by atoms with Crippen molar-refractivity contribution in [1.82, 2.24) is 14.5 Å². The molecule has 11 heteroatoms. The molecule has 186 valence electrons. The number of rotatable bonds is 9. The molecule has 0 unspecified atom stereocenters. The summed E-state index contributed by atoms with van der Waals surface area (Å²) in [7, 11) is 0. The van der Waals surface area contributed by atoms with E-state index in [2.05, 4.69) is 10.6 Å². The van der Waals surface area contributed by atoms with Gasteiger partial charge in [-0.05, 0) is 54.3 Å². The first-order chi connectivity index (χ1) is 17.4. The van der Waals surface area contributed by atoms with Gasteiger partial charge in [-0.25, -0.2) is 9.36 Å². The van der Waals surface area contributed by atoms with Crippen LogP contribution < -0.4 is 26.6 Å². The van der Waals surface area contributed by atoms with E-state index in [1.807, 2.05) is 6.92 Å². The predicted octanol–water partition coefficient (Wildman–Crippen LogP) is 3.23. The summed E-state index contributed by atoms with van der Waals surface area (Å²) in [5, 5.41) is 7.56. The van der Waals surface area contributed by atoms with E-state index in [-0.39, 0.29) is 17.8 Å². The van der Waals surface area contributed by atoms with Gasteiger partial charge in [0.1, 0.15) is 23.5 Å². The first kappa shape index (κ1) is 25.2. The van der Waals surface area contributed by atoms with Crippen molar-refractivity contribution in [1.29, 1.82) is 0 Å². The third-order valence-corrected chi connectivity index (χ3v) is 6.58. The molecule has 4 rings (SSSR count). The molecule has 9 nitrogen and oxygen atoms in total. The van der Waals surface area contributed by atoms with E-state index in [0.29, 0.717) is 34.1 Å². The van der Waals surface area contributed by atoms with Crippen LogP contribution in [0, 0.1) is 0 Å². The lowest BCUT2D eigenvalue weighted by Gasteiger charge is -2.13. The molecular formula is C25H23ClN4O5S. The molecule has 0 radical (unpaired) electrons. The lowest BCUT2D eigenvalue weighted by Crippen LogP contribution is -2.44. The number of fused-ring (bicyclic) bond motifs is 1. The molecular weight excluding hydrogens is 504 g/mol. The first-order valence-electron chi connectivity index (χ1n) is 11.1. The number of halogens is 1. The van der Waals surface area contributed by atoms with Gasteiger partial charge in [-0.1, -0.05) is 29.8 Å². The molecule has 0 aliphatic carbocycles. The minimum absolute atomic E-state index is 0.146. The van der Waals surface area contributed by atoms with Crippen molar-refractivity contribution < 1.29 is 14.3 Å². The van der Waals surface area contributed by atoms with Gasteiger partial charge < -0.3 is 15.4 Å². The number of aromatic nitrogens is 2. The number of benzene rings is 2. The third-order valence-electron chi connectivity index (χ3n) is 5.32. The molecule has 0 atom stereocenters. The van der Waals surface area contributed by atoms with Gasteiger partial charge in [0.2, 0.25) is 11.8 Å². The molecule has 2 N–H and O–H groups in total. The summed E-state index contributed by atoms with van der Waals surface area (Å²) in [4.78, 5) is 51.5. The normalized spacial score (nSPS) is 10.8. The van der Waals surface area contributed by atoms with Crippen LogP contribution >= 0.6 is 22.9 Å². The number of ether oxygens (including phenoxy) is 1. The van der Waals surface area contributed by atoms with E-state index < -0.39 is 29.6 Å². The second kappa shape index (κ2) is 11.2. The highest BCUT2D eigenvalue weighted by molar-refractivity contribution is 7.17. The fourth-order valence-electron chi connectivity index (χ4n) is 3.61. The summed E-state index contributed by atoms with van der Waals surface area (Å²) in [5.41, 5.74) is 0.244. The van der Waals surface area contributed by atoms with Gasteiger partial charge in [0.25, 0.3) is 5.56 Å². The molecule has 0 saturated carbocycles. The quantitative estimate of drug-likeness (QED) is 0.348. The monoisotopic (exact) mass is 526 g/mol. The van der Waals surface area contributed by atoms with Crippen molar-refractivity contribution >= 4 is 50.7 Å². The van der Waals surface area contributed by atoms with Crippen molar-refractivity contribution in [3.63, 3.8) is 0 Å². The molecule has 2 heterocycles. The average Bonchev–Trinajstić information content (AvgIpc) is 3.35. The Morgan fingerprint density at radius 1 is 0.972 bits per heavy atom. The Balaban J connectivity index is 1.53. The second-order valence-corrected chi connectivity index (χ2v) is 9.09. The number of nitrogens with zero attached hydrogens (tertiary/aromatic N) is 2. The standard InChI is InChI=1S/C25H23ClN4O5S/c1-2-35-18-9-7-17(8-10-18)28-22(32)15-29-20-11-12-36-23(20)24(33)30(25(29)34)14-21(31)27-13-16-5-3-4-6-19(16)26/h3-12H,2,13-15H2,1H3,(H,27,31)(H,28,32). The Bertz CT molecular complexity index is 1520. The molecule has 0 spiro atoms. The average molecular weight is 527 g/mol. The highest BCUT2D eigenvalue weighted by Crippen LogP contribution is 2.18. The fraction of sp³-hybridized carbons (Fsp3) is 0.200. The van der Waals surface area contributed by atoms with Crippen LogP contribution in [-0.2, 0) is 29.2 Å². The topological polar surface area (TPSA) is 111 Å². The van der Waals surface area contributed by atoms with Crippen LogP contribution in [0.25, 0.3) is 10.2 Å². The van der Waals surface area contributed by atoms with Gasteiger partial charge in [0, 0.05) is 17.3 Å². The Kier molecular flexibility index (Phi) is 7.87. The van der Waals surface area contributed by atoms with Crippen LogP contribution in [0.2, 0.25) is 5.02 Å². The smallest absolute Gasteiger partial charge is 0.332 e. The molecule has 0 fully saturated rings. The summed E-state index contributed by atoms with van der Waals surface area (Å²) in [6.07, 6.45) is 0. The van der Waals surface area contributed by atoms with Crippen molar-refractivity contribution in [2.24, 2.45) is 0 Å². The molecule has 0 aliphatic rings. The van der Waals surface area contributed by atoms with Crippen LogP contribution in [0.5, 0.6) is 5.75 Å². The molecule has 0 aliphatic heterocycles. The van der Waals surface area contributed by atoms with Gasteiger partial charge >= 0.3 is 5.69 Å². The number of carbonyl (C=O) groups is 2. The van der Waals surface area contributed by atoms with Gasteiger partial charge in [0.05, 0.1) is 12.1 Å². The highest BCUT2D eigenvalue weighted by atomic mass is 35.5. The van der Waals surface area contributed by atoms with Crippen LogP contribution in [0.4, 0.5) is 5.69 Å². The zero-order chi connectivity index (χ0) is 25.7. The van der Waals surface area contributed by atoms with E-state index in [1.54, 1.807) is 60.0 Å². The van der Waals surface area contributed by atoms with Gasteiger partial charge in [-0.2, -0.15) is 0 Å². The molecule has 36 heavy (non-hydrogen) atoms. The van der Waals surface area contributed by atoms with Crippen molar-refractivity contribution in [3.05, 3.63) is 91.4 Å². The number of anilines is 1. The number of hydrogen-bond donors (Lipinski definition) is 2. The largest absolute Gasteiger partial charge is 0.494 e. The van der Waals surface area contributed by atoms with Gasteiger partial charge in [-0.15, -0.1) is 11.3 Å². The molecule has 0 bridgehead atoms. The van der Waals surface area contributed by atoms with E-state index >= 15 is 0 Å². The SMILES string of the molecule is CCOc1ccc(NC(=O)Cn2c(=O)n(CC(=O)NCc3ccccc3Cl)c(=O)c3sccc32)cc1. The van der Waals surface area contributed by atoms with E-state index in [9.17, 15) is 19.2 Å². The van der Waals surface area contributed by atoms with E-state index in [1.165, 1.54) is 4.57 Å². The summed E-state index contributed by atoms with van der Waals surface area (Å²) >= 11 is 7.26. The first-order valence-corrected chi connectivity index (χ1v) is 12.4. The summed E-state index contributed by atoms with van der Waals surface area (Å²) < 4.78 is 7.70. The second-order valence-electron chi connectivity index (χ2n) is 7.77. The highest BCUT2D eigenvalue weighted by Gasteiger charge is 2.18. The maximum Gasteiger partial charge on any atom is 0.332 e. The summed E-state index contributed by atoms with van der Waals surface area (Å²) in [6.45, 7) is 1.73. The molecule has 4 aromatic rings. The number of hydrogen-bond acceptors (Lipinski definition) is 6. The number of carbonyl (C=O) groups excluding carboxylic acids is 2. The molecule has 0 saturated heterocycles. The van der Waals surface area contributed by atoms with Gasteiger partial charge in [-0.3, -0.25) is 19.0 Å². The van der Waals surface area contributed by atoms with Crippen molar-refractivity contribution in [2.45, 2.75) is 26.6 Å². The van der Waals surface area contributed by atoms with Crippen molar-refractivity contribution in [3.8, 4) is 5.75 Å². The maximum atomic E-state index is 13.2. The van der Waals surface area contributed by atoms with Crippen LogP contribution in [0.15, 0.2) is 69.6 Å². The molecule has 2 amide bonds.